The highest BCUT2D eigenvalue weighted by Crippen LogP contribution is 2.24. The number of esters is 2. The number of hydrogen-bond donors (Lipinski definition) is 2. The minimum atomic E-state index is -0.996. The molecule has 4 rings (SSSR count). The van der Waals surface area contributed by atoms with E-state index in [1.807, 2.05) is 24.3 Å². The van der Waals surface area contributed by atoms with E-state index in [0.29, 0.717) is 33.7 Å². The fraction of sp³-hybridized carbons (Fsp3) is 0.214. The number of amides is 1. The summed E-state index contributed by atoms with van der Waals surface area (Å²) in [6.45, 7) is 3.75. The molecule has 4 aromatic rings. The minimum Gasteiger partial charge on any atom is -0.497 e. The van der Waals surface area contributed by atoms with Gasteiger partial charge in [0.25, 0.3) is 5.91 Å². The number of nitrogens with zero attached hydrogens (tertiary/aromatic N) is 1. The number of nitrogens with one attached hydrogen (secondary N) is 2. The standard InChI is InChI=1S/C28H27N3O6/c1-4-24(26(32)29-20-11-6-18(7-12-20)27(33)36-5-2)37-28(34)19-10-15-22-23(16-19)31-25(30-22)17-8-13-21(35-3)14-9-17/h6-16,24H,4-5H2,1-3H3,(H,29,32)(H,30,31). The van der Waals surface area contributed by atoms with Gasteiger partial charge in [-0.2, -0.15) is 0 Å². The summed E-state index contributed by atoms with van der Waals surface area (Å²) in [7, 11) is 1.61. The fourth-order valence-corrected chi connectivity index (χ4v) is 3.67. The van der Waals surface area contributed by atoms with E-state index >= 15 is 0 Å². The second kappa shape index (κ2) is 11.4. The van der Waals surface area contributed by atoms with Gasteiger partial charge in [0.05, 0.1) is 35.9 Å². The molecule has 0 saturated carbocycles. The van der Waals surface area contributed by atoms with Crippen molar-refractivity contribution in [3.8, 4) is 17.1 Å². The Morgan fingerprint density at radius 3 is 2.27 bits per heavy atom. The molecular formula is C28H27N3O6. The number of aromatic nitrogens is 2. The molecular weight excluding hydrogens is 474 g/mol. The zero-order valence-corrected chi connectivity index (χ0v) is 20.7. The van der Waals surface area contributed by atoms with E-state index < -0.39 is 23.9 Å². The Labute approximate surface area is 213 Å². The minimum absolute atomic E-state index is 0.276. The van der Waals surface area contributed by atoms with Gasteiger partial charge >= 0.3 is 11.9 Å². The van der Waals surface area contributed by atoms with Gasteiger partial charge in [0.2, 0.25) is 0 Å². The summed E-state index contributed by atoms with van der Waals surface area (Å²) >= 11 is 0. The third-order valence-electron chi connectivity index (χ3n) is 5.66. The van der Waals surface area contributed by atoms with Gasteiger partial charge in [0, 0.05) is 11.3 Å². The molecule has 2 N–H and O–H groups in total. The van der Waals surface area contributed by atoms with Crippen LogP contribution in [0.1, 0.15) is 41.0 Å². The quantitative estimate of drug-likeness (QED) is 0.310. The van der Waals surface area contributed by atoms with E-state index in [-0.39, 0.29) is 13.0 Å². The van der Waals surface area contributed by atoms with Crippen molar-refractivity contribution in [2.24, 2.45) is 0 Å². The lowest BCUT2D eigenvalue weighted by molar-refractivity contribution is -0.124. The molecule has 0 spiro atoms. The van der Waals surface area contributed by atoms with Crippen LogP contribution in [0.5, 0.6) is 5.75 Å². The molecule has 1 amide bonds. The largest absolute Gasteiger partial charge is 0.497 e. The average molecular weight is 502 g/mol. The van der Waals surface area contributed by atoms with Gasteiger partial charge < -0.3 is 24.5 Å². The zero-order chi connectivity index (χ0) is 26.4. The topological polar surface area (TPSA) is 120 Å². The molecule has 1 unspecified atom stereocenters. The van der Waals surface area contributed by atoms with Crippen LogP contribution in [-0.2, 0) is 14.3 Å². The summed E-state index contributed by atoms with van der Waals surface area (Å²) in [4.78, 5) is 45.2. The summed E-state index contributed by atoms with van der Waals surface area (Å²) in [5, 5.41) is 2.71. The van der Waals surface area contributed by atoms with Crippen LogP contribution in [0, 0.1) is 0 Å². The molecule has 0 aliphatic carbocycles. The molecule has 1 aromatic heterocycles. The number of ether oxygens (including phenoxy) is 3. The summed E-state index contributed by atoms with van der Waals surface area (Å²) < 4.78 is 15.7. The van der Waals surface area contributed by atoms with Crippen LogP contribution in [0.25, 0.3) is 22.4 Å². The highest BCUT2D eigenvalue weighted by molar-refractivity contribution is 5.99. The number of hydrogen-bond acceptors (Lipinski definition) is 7. The lowest BCUT2D eigenvalue weighted by Gasteiger charge is -2.16. The number of benzene rings is 3. The van der Waals surface area contributed by atoms with Crippen molar-refractivity contribution < 1.29 is 28.6 Å². The maximum Gasteiger partial charge on any atom is 0.338 e. The van der Waals surface area contributed by atoms with Crippen molar-refractivity contribution >= 4 is 34.6 Å². The third kappa shape index (κ3) is 5.95. The Kier molecular flexibility index (Phi) is 7.83. The number of aromatic amines is 1. The molecule has 0 bridgehead atoms. The molecule has 0 aliphatic heterocycles. The SMILES string of the molecule is CCOC(=O)c1ccc(NC(=O)C(CC)OC(=O)c2ccc3nc(-c4ccc(OC)cc4)[nH]c3c2)cc1. The number of methoxy groups -OCH3 is 1. The first kappa shape index (κ1) is 25.4. The summed E-state index contributed by atoms with van der Waals surface area (Å²) in [5.41, 5.74) is 3.37. The molecule has 190 valence electrons. The smallest absolute Gasteiger partial charge is 0.338 e. The van der Waals surface area contributed by atoms with E-state index in [4.69, 9.17) is 14.2 Å². The van der Waals surface area contributed by atoms with Crippen molar-refractivity contribution in [1.29, 1.82) is 0 Å². The van der Waals surface area contributed by atoms with Crippen LogP contribution >= 0.6 is 0 Å². The highest BCUT2D eigenvalue weighted by Gasteiger charge is 2.23. The van der Waals surface area contributed by atoms with Gasteiger partial charge in [0.15, 0.2) is 6.10 Å². The Morgan fingerprint density at radius 1 is 0.919 bits per heavy atom. The van der Waals surface area contributed by atoms with Gasteiger partial charge in [-0.1, -0.05) is 6.92 Å². The van der Waals surface area contributed by atoms with Crippen LogP contribution in [0.4, 0.5) is 5.69 Å². The van der Waals surface area contributed by atoms with E-state index in [1.54, 1.807) is 63.4 Å². The summed E-state index contributed by atoms with van der Waals surface area (Å²) in [6.07, 6.45) is -0.712. The second-order valence-corrected chi connectivity index (χ2v) is 8.14. The Hall–Kier alpha value is -4.66. The average Bonchev–Trinajstić information content (AvgIpc) is 3.35. The number of anilines is 1. The zero-order valence-electron chi connectivity index (χ0n) is 20.7. The highest BCUT2D eigenvalue weighted by atomic mass is 16.5. The number of imidazole rings is 1. The monoisotopic (exact) mass is 501 g/mol. The molecule has 0 saturated heterocycles. The van der Waals surface area contributed by atoms with Crippen molar-refractivity contribution in [1.82, 2.24) is 9.97 Å². The maximum atomic E-state index is 12.8. The van der Waals surface area contributed by atoms with Gasteiger partial charge in [-0.25, -0.2) is 14.6 Å². The molecule has 1 heterocycles. The molecule has 3 aromatic carbocycles. The predicted molar refractivity (Wildman–Crippen MR) is 139 cm³/mol. The lowest BCUT2D eigenvalue weighted by atomic mass is 10.2. The van der Waals surface area contributed by atoms with Crippen molar-refractivity contribution in [2.45, 2.75) is 26.4 Å². The molecule has 9 heteroatoms. The first-order valence-corrected chi connectivity index (χ1v) is 11.8. The van der Waals surface area contributed by atoms with Gasteiger partial charge in [-0.15, -0.1) is 0 Å². The van der Waals surface area contributed by atoms with Crippen LogP contribution in [-0.4, -0.2) is 47.6 Å². The van der Waals surface area contributed by atoms with Gasteiger partial charge in [0.1, 0.15) is 11.6 Å². The first-order valence-electron chi connectivity index (χ1n) is 11.8. The van der Waals surface area contributed by atoms with E-state index in [0.717, 1.165) is 11.3 Å². The Balaban J connectivity index is 1.43. The normalized spacial score (nSPS) is 11.5. The number of rotatable bonds is 9. The molecule has 1 atom stereocenters. The number of fused-ring (bicyclic) bond motifs is 1. The Bertz CT molecular complexity index is 1410. The van der Waals surface area contributed by atoms with Crippen molar-refractivity contribution in [3.63, 3.8) is 0 Å². The van der Waals surface area contributed by atoms with Crippen LogP contribution < -0.4 is 10.1 Å². The number of H-pyrrole nitrogens is 1. The predicted octanol–water partition coefficient (Wildman–Crippen LogP) is 4.99. The van der Waals surface area contributed by atoms with E-state index in [2.05, 4.69) is 15.3 Å². The number of carbonyl (C=O) groups is 3. The molecule has 0 radical (unpaired) electrons. The molecule has 9 nitrogen and oxygen atoms in total. The van der Waals surface area contributed by atoms with Gasteiger partial charge in [-0.05, 0) is 80.1 Å². The fourth-order valence-electron chi connectivity index (χ4n) is 3.67. The van der Waals surface area contributed by atoms with E-state index in [1.165, 1.54) is 0 Å². The Morgan fingerprint density at radius 2 is 1.62 bits per heavy atom. The lowest BCUT2D eigenvalue weighted by Crippen LogP contribution is -2.32. The number of carbonyl (C=O) groups excluding carboxylic acids is 3. The van der Waals surface area contributed by atoms with E-state index in [9.17, 15) is 14.4 Å². The van der Waals surface area contributed by atoms with Crippen LogP contribution in [0.2, 0.25) is 0 Å². The van der Waals surface area contributed by atoms with Crippen molar-refractivity contribution in [2.75, 3.05) is 19.0 Å². The molecule has 0 fully saturated rings. The third-order valence-corrected chi connectivity index (χ3v) is 5.66. The van der Waals surface area contributed by atoms with Crippen LogP contribution in [0.15, 0.2) is 66.7 Å². The summed E-state index contributed by atoms with van der Waals surface area (Å²) in [6, 6.07) is 18.7. The van der Waals surface area contributed by atoms with Crippen molar-refractivity contribution in [3.05, 3.63) is 77.9 Å². The van der Waals surface area contributed by atoms with Gasteiger partial charge in [-0.3, -0.25) is 4.79 Å². The first-order chi connectivity index (χ1) is 17.9. The maximum absolute atomic E-state index is 12.8. The summed E-state index contributed by atoms with van der Waals surface area (Å²) in [5.74, 6) is -0.131. The molecule has 37 heavy (non-hydrogen) atoms. The second-order valence-electron chi connectivity index (χ2n) is 8.14. The van der Waals surface area contributed by atoms with Crippen LogP contribution in [0.3, 0.4) is 0 Å². The molecule has 0 aliphatic rings.